The van der Waals surface area contributed by atoms with Crippen molar-refractivity contribution in [3.63, 3.8) is 0 Å². The Morgan fingerprint density at radius 2 is 2.17 bits per heavy atom. The van der Waals surface area contributed by atoms with Crippen LogP contribution >= 0.6 is 0 Å². The van der Waals surface area contributed by atoms with Gasteiger partial charge in [0, 0.05) is 13.6 Å². The minimum atomic E-state index is -0.359. The third-order valence-corrected chi connectivity index (χ3v) is 1.67. The molecule has 1 heterocycles. The van der Waals surface area contributed by atoms with Gasteiger partial charge in [-0.25, -0.2) is 0 Å². The first-order valence-electron chi connectivity index (χ1n) is 4.37. The highest BCUT2D eigenvalue weighted by atomic mass is 16.3. The van der Waals surface area contributed by atoms with E-state index in [1.807, 2.05) is 13.8 Å². The van der Waals surface area contributed by atoms with Gasteiger partial charge in [-0.3, -0.25) is 4.79 Å². The number of aliphatic hydroxyl groups excluding tert-OH is 1. The molecule has 2 unspecified atom stereocenters. The number of hydrogen-bond acceptors (Lipinski definition) is 3. The molecule has 1 amide bonds. The summed E-state index contributed by atoms with van der Waals surface area (Å²) in [5.41, 5.74) is 0. The zero-order chi connectivity index (χ0) is 9.56. The molecule has 1 aliphatic heterocycles. The summed E-state index contributed by atoms with van der Waals surface area (Å²) in [6.45, 7) is 4.53. The van der Waals surface area contributed by atoms with Crippen molar-refractivity contribution in [1.82, 2.24) is 10.6 Å². The van der Waals surface area contributed by atoms with Gasteiger partial charge >= 0.3 is 0 Å². The molecule has 0 aromatic heterocycles. The smallest absolute Gasteiger partial charge is 0.236 e. The number of amides is 1. The molecule has 0 aromatic rings. The summed E-state index contributed by atoms with van der Waals surface area (Å²) in [4.78, 5) is 10.9. The van der Waals surface area contributed by atoms with Crippen molar-refractivity contribution in [3.8, 4) is 0 Å². The van der Waals surface area contributed by atoms with Crippen LogP contribution in [0, 0.1) is 0 Å². The number of nitrogens with one attached hydrogen (secondary N) is 2. The Bertz CT molecular complexity index is 139. The average molecular weight is 174 g/mol. The van der Waals surface area contributed by atoms with E-state index in [1.54, 1.807) is 7.05 Å². The van der Waals surface area contributed by atoms with Gasteiger partial charge < -0.3 is 15.7 Å². The Morgan fingerprint density at radius 1 is 1.58 bits per heavy atom. The second kappa shape index (κ2) is 5.97. The maximum absolute atomic E-state index is 10.9. The van der Waals surface area contributed by atoms with Crippen molar-refractivity contribution < 1.29 is 9.90 Å². The molecule has 0 saturated carbocycles. The fourth-order valence-corrected chi connectivity index (χ4v) is 1.09. The normalized spacial score (nSPS) is 27.3. The molecule has 1 saturated heterocycles. The third-order valence-electron chi connectivity index (χ3n) is 1.67. The summed E-state index contributed by atoms with van der Waals surface area (Å²) in [7, 11) is 1.59. The molecule has 0 aliphatic carbocycles. The van der Waals surface area contributed by atoms with E-state index in [0.29, 0.717) is 13.0 Å². The molecule has 0 bridgehead atoms. The van der Waals surface area contributed by atoms with Gasteiger partial charge in [-0.2, -0.15) is 0 Å². The van der Waals surface area contributed by atoms with E-state index in [-0.39, 0.29) is 18.1 Å². The standard InChI is InChI=1S/C6H12N2O2.C2H6/c1-7-6(10)5-2-4(9)3-8-5;1-2/h4-5,8-9H,2-3H2,1H3,(H,7,10);1-2H3. The number of carbonyl (C=O) groups excluding carboxylic acids is 1. The van der Waals surface area contributed by atoms with Gasteiger partial charge in [0.25, 0.3) is 0 Å². The Hall–Kier alpha value is -0.610. The van der Waals surface area contributed by atoms with E-state index in [9.17, 15) is 4.79 Å². The van der Waals surface area contributed by atoms with Crippen LogP contribution in [0.1, 0.15) is 20.3 Å². The molecule has 4 heteroatoms. The highest BCUT2D eigenvalue weighted by molar-refractivity contribution is 5.81. The van der Waals surface area contributed by atoms with Crippen LogP contribution in [0.15, 0.2) is 0 Å². The minimum Gasteiger partial charge on any atom is -0.392 e. The van der Waals surface area contributed by atoms with Crippen LogP contribution in [0.2, 0.25) is 0 Å². The zero-order valence-corrected chi connectivity index (χ0v) is 7.92. The predicted octanol–water partition coefficient (Wildman–Crippen LogP) is -0.519. The lowest BCUT2D eigenvalue weighted by Crippen LogP contribution is -2.38. The van der Waals surface area contributed by atoms with Crippen LogP contribution in [0.3, 0.4) is 0 Å². The molecule has 0 aromatic carbocycles. The van der Waals surface area contributed by atoms with Crippen molar-refractivity contribution in [3.05, 3.63) is 0 Å². The van der Waals surface area contributed by atoms with Crippen LogP contribution < -0.4 is 10.6 Å². The number of aliphatic hydroxyl groups is 1. The topological polar surface area (TPSA) is 61.4 Å². The van der Waals surface area contributed by atoms with Gasteiger partial charge in [-0.05, 0) is 6.42 Å². The molecule has 4 nitrogen and oxygen atoms in total. The molecule has 12 heavy (non-hydrogen) atoms. The molecule has 1 rings (SSSR count). The second-order valence-corrected chi connectivity index (χ2v) is 2.46. The molecular weight excluding hydrogens is 156 g/mol. The Morgan fingerprint density at radius 3 is 2.50 bits per heavy atom. The first-order valence-corrected chi connectivity index (χ1v) is 4.37. The lowest BCUT2D eigenvalue weighted by molar-refractivity contribution is -0.122. The van der Waals surface area contributed by atoms with Gasteiger partial charge in [0.1, 0.15) is 0 Å². The van der Waals surface area contributed by atoms with Crippen LogP contribution in [0.4, 0.5) is 0 Å². The lowest BCUT2D eigenvalue weighted by atomic mass is 10.2. The molecule has 0 spiro atoms. The SMILES string of the molecule is CC.CNC(=O)C1CC(O)CN1. The highest BCUT2D eigenvalue weighted by Crippen LogP contribution is 2.05. The molecule has 3 N–H and O–H groups in total. The number of likely N-dealkylation sites (N-methyl/N-ethyl adjacent to an activating group) is 1. The van der Waals surface area contributed by atoms with Gasteiger partial charge in [-0.15, -0.1) is 0 Å². The van der Waals surface area contributed by atoms with Crippen molar-refractivity contribution >= 4 is 5.91 Å². The molecule has 1 aliphatic rings. The highest BCUT2D eigenvalue weighted by Gasteiger charge is 2.26. The molecule has 72 valence electrons. The molecule has 1 fully saturated rings. The number of hydrogen-bond donors (Lipinski definition) is 3. The van der Waals surface area contributed by atoms with E-state index in [0.717, 1.165) is 0 Å². The van der Waals surface area contributed by atoms with Gasteiger partial charge in [-0.1, -0.05) is 13.8 Å². The maximum Gasteiger partial charge on any atom is 0.236 e. The van der Waals surface area contributed by atoms with E-state index in [1.165, 1.54) is 0 Å². The monoisotopic (exact) mass is 174 g/mol. The van der Waals surface area contributed by atoms with E-state index < -0.39 is 0 Å². The fraction of sp³-hybridized carbons (Fsp3) is 0.875. The van der Waals surface area contributed by atoms with Crippen LogP contribution in [0.25, 0.3) is 0 Å². The van der Waals surface area contributed by atoms with Gasteiger partial charge in [0.15, 0.2) is 0 Å². The van der Waals surface area contributed by atoms with Crippen LogP contribution in [-0.2, 0) is 4.79 Å². The van der Waals surface area contributed by atoms with Crippen LogP contribution in [-0.4, -0.2) is 36.8 Å². The minimum absolute atomic E-state index is 0.0449. The zero-order valence-electron chi connectivity index (χ0n) is 7.92. The first-order chi connectivity index (χ1) is 5.74. The van der Waals surface area contributed by atoms with Crippen molar-refractivity contribution in [2.45, 2.75) is 32.4 Å². The van der Waals surface area contributed by atoms with Gasteiger partial charge in [0.2, 0.25) is 5.91 Å². The van der Waals surface area contributed by atoms with Crippen molar-refractivity contribution in [2.75, 3.05) is 13.6 Å². The number of β-amino-alcohol motifs (C(OH)–C–C–N with tert-alkyl or cyclic N) is 1. The lowest BCUT2D eigenvalue weighted by Gasteiger charge is -2.06. The summed E-state index contributed by atoms with van der Waals surface area (Å²) < 4.78 is 0. The summed E-state index contributed by atoms with van der Waals surface area (Å²) in [6.07, 6.45) is 0.168. The van der Waals surface area contributed by atoms with Crippen molar-refractivity contribution in [1.29, 1.82) is 0 Å². The Balaban J connectivity index is 0.000000561. The molecule has 0 radical (unpaired) electrons. The largest absolute Gasteiger partial charge is 0.392 e. The fourth-order valence-electron chi connectivity index (χ4n) is 1.09. The number of carbonyl (C=O) groups is 1. The van der Waals surface area contributed by atoms with Crippen molar-refractivity contribution in [2.24, 2.45) is 0 Å². The van der Waals surface area contributed by atoms with E-state index in [4.69, 9.17) is 5.11 Å². The van der Waals surface area contributed by atoms with Crippen LogP contribution in [0.5, 0.6) is 0 Å². The number of rotatable bonds is 1. The summed E-state index contributed by atoms with van der Waals surface area (Å²) >= 11 is 0. The second-order valence-electron chi connectivity index (χ2n) is 2.46. The summed E-state index contributed by atoms with van der Waals surface area (Å²) in [6, 6.07) is -0.194. The quantitative estimate of drug-likeness (QED) is 0.501. The third kappa shape index (κ3) is 3.19. The molecule has 2 atom stereocenters. The average Bonchev–Trinajstić information content (AvgIpc) is 2.54. The van der Waals surface area contributed by atoms with E-state index >= 15 is 0 Å². The maximum atomic E-state index is 10.9. The van der Waals surface area contributed by atoms with Gasteiger partial charge in [0.05, 0.1) is 12.1 Å². The van der Waals surface area contributed by atoms with E-state index in [2.05, 4.69) is 10.6 Å². The Kier molecular flexibility index (Phi) is 5.66. The Labute approximate surface area is 73.3 Å². The summed E-state index contributed by atoms with van der Waals surface area (Å²) in [5, 5.41) is 14.4. The summed E-state index contributed by atoms with van der Waals surface area (Å²) in [5.74, 6) is -0.0449. The molecular formula is C8H18N2O2. The first kappa shape index (κ1) is 11.4. The predicted molar refractivity (Wildman–Crippen MR) is 47.8 cm³/mol.